The average molecular weight is 591 g/mol. The smallest absolute Gasteiger partial charge is 0.301 e. The Morgan fingerprint density at radius 2 is 1.36 bits per heavy atom. The fourth-order valence-corrected chi connectivity index (χ4v) is 11.2. The first-order valence-corrected chi connectivity index (χ1v) is 20.4. The van der Waals surface area contributed by atoms with E-state index in [0.29, 0.717) is 34.3 Å². The van der Waals surface area contributed by atoms with E-state index in [4.69, 9.17) is 9.08 Å². The molecule has 2 nitrogen and oxygen atoms in total. The minimum Gasteiger partial charge on any atom is -0.429 e. The minimum atomic E-state index is -2.10. The van der Waals surface area contributed by atoms with Crippen LogP contribution in [-0.2, 0) is 9.08 Å². The third-order valence-corrected chi connectivity index (χ3v) is 18.4. The van der Waals surface area contributed by atoms with E-state index in [1.165, 1.54) is 31.2 Å². The molecule has 4 saturated carbocycles. The molecule has 11 atom stereocenters. The van der Waals surface area contributed by atoms with Crippen molar-refractivity contribution in [3.8, 4) is 0 Å². The molecule has 1 aromatic carbocycles. The molecule has 0 saturated heterocycles. The molecule has 0 bridgehead atoms. The lowest BCUT2D eigenvalue weighted by molar-refractivity contribution is 0.0131. The van der Waals surface area contributed by atoms with Crippen LogP contribution in [-0.4, -0.2) is 21.3 Å². The Morgan fingerprint density at radius 1 is 0.881 bits per heavy atom. The van der Waals surface area contributed by atoms with Crippen LogP contribution in [0.1, 0.15) is 107 Å². The quantitative estimate of drug-likeness (QED) is 0.199. The first kappa shape index (κ1) is 32.6. The summed E-state index contributed by atoms with van der Waals surface area (Å²) in [6, 6.07) is 11.0. The van der Waals surface area contributed by atoms with E-state index in [-0.39, 0.29) is 30.1 Å². The van der Waals surface area contributed by atoms with Crippen molar-refractivity contribution < 1.29 is 9.08 Å². The highest BCUT2D eigenvalue weighted by Crippen LogP contribution is 2.75. The molecule has 4 fully saturated rings. The van der Waals surface area contributed by atoms with Gasteiger partial charge in [-0.15, -0.1) is 6.58 Å². The van der Waals surface area contributed by atoms with Gasteiger partial charge in [0.05, 0.1) is 12.2 Å². The van der Waals surface area contributed by atoms with E-state index < -0.39 is 8.32 Å². The van der Waals surface area contributed by atoms with Crippen LogP contribution < -0.4 is 0 Å². The van der Waals surface area contributed by atoms with Crippen LogP contribution in [0.5, 0.6) is 0 Å². The van der Waals surface area contributed by atoms with E-state index >= 15 is 0 Å². The largest absolute Gasteiger partial charge is 0.429 e. The van der Waals surface area contributed by atoms with Crippen molar-refractivity contribution in [3.05, 3.63) is 48.6 Å². The summed E-state index contributed by atoms with van der Waals surface area (Å²) in [5.74, 6) is 6.08. The zero-order chi connectivity index (χ0) is 31.0. The molecule has 0 aromatic heterocycles. The van der Waals surface area contributed by atoms with Crippen LogP contribution in [0.3, 0.4) is 0 Å². The van der Waals surface area contributed by atoms with Gasteiger partial charge in [0.15, 0.2) is 8.32 Å². The zero-order valence-electron chi connectivity index (χ0n) is 29.2. The lowest BCUT2D eigenvalue weighted by Gasteiger charge is -2.47. The highest BCUT2D eigenvalue weighted by atomic mass is 28.4. The highest BCUT2D eigenvalue weighted by Gasteiger charge is 2.71. The van der Waals surface area contributed by atoms with Crippen LogP contribution in [0.25, 0.3) is 0 Å². The third kappa shape index (κ3) is 5.57. The second-order valence-corrected chi connectivity index (χ2v) is 22.8. The Labute approximate surface area is 261 Å². The lowest BCUT2D eigenvalue weighted by atomic mass is 9.37. The molecule has 234 valence electrons. The molecule has 4 aliphatic rings. The van der Waals surface area contributed by atoms with Crippen molar-refractivity contribution in [1.29, 1.82) is 0 Å². The van der Waals surface area contributed by atoms with Crippen molar-refractivity contribution >= 4 is 15.2 Å². The summed E-state index contributed by atoms with van der Waals surface area (Å²) in [4.78, 5) is 0. The van der Waals surface area contributed by atoms with Gasteiger partial charge in [0.25, 0.3) is 0 Å². The summed E-state index contributed by atoms with van der Waals surface area (Å²) < 4.78 is 15.3. The highest BCUT2D eigenvalue weighted by molar-refractivity contribution is 6.74. The first-order chi connectivity index (χ1) is 19.4. The monoisotopic (exact) mass is 590 g/mol. The molecule has 4 aliphatic carbocycles. The van der Waals surface area contributed by atoms with E-state index in [2.05, 4.69) is 125 Å². The van der Waals surface area contributed by atoms with Gasteiger partial charge in [-0.05, 0) is 94.5 Å². The van der Waals surface area contributed by atoms with Crippen molar-refractivity contribution in [2.24, 2.45) is 52.3 Å². The van der Waals surface area contributed by atoms with Gasteiger partial charge in [-0.25, -0.2) is 0 Å². The maximum absolute atomic E-state index is 7.90. The van der Waals surface area contributed by atoms with Crippen LogP contribution >= 0.6 is 0 Å². The van der Waals surface area contributed by atoms with E-state index in [9.17, 15) is 0 Å². The maximum atomic E-state index is 7.90. The van der Waals surface area contributed by atoms with Crippen molar-refractivity contribution in [1.82, 2.24) is 0 Å². The van der Waals surface area contributed by atoms with Gasteiger partial charge < -0.3 is 9.08 Å². The third-order valence-electron chi connectivity index (χ3n) is 13.9. The predicted molar refractivity (Wildman–Crippen MR) is 183 cm³/mol. The molecule has 0 aliphatic heterocycles. The normalized spacial score (nSPS) is 37.0. The number of rotatable bonds is 10. The van der Waals surface area contributed by atoms with Gasteiger partial charge in [0.1, 0.15) is 0 Å². The standard InChI is InChI=1S/C38H63BO2Si/c1-14-24(2)34(35(27-18-16-15-17-19-27)41-42(12,13)36(5,6)7)40-39(32-25(3)20-22-28-30(32)37(28,8)9)33-26(4)21-23-29-31(33)38(29,10)11/h14-19,24-26,28-35H,1,20-23H2,2-13H3/t24-,25+,26+,28-,29-,30-,31-,32-,33-,34-,35+/m0/s1. The summed E-state index contributed by atoms with van der Waals surface area (Å²) >= 11 is 0. The SMILES string of the molecule is C=C[C@H](C)[C@H](OB([C@@H]1[C@@H]2[C@H](CC[C@H]1C)C2(C)C)[C@@H]1[C@@H]2[C@H](CC[C@H]1C)C2(C)C)[C@H](O[Si](C)(C)C(C)(C)C)c1ccccc1. The molecular weight excluding hydrogens is 527 g/mol. The summed E-state index contributed by atoms with van der Waals surface area (Å²) in [5, 5.41) is 0.119. The zero-order valence-corrected chi connectivity index (χ0v) is 30.2. The van der Waals surface area contributed by atoms with Gasteiger partial charge in [-0.2, -0.15) is 0 Å². The Bertz CT molecular complexity index is 1060. The molecular formula is C38H63BO2Si. The summed E-state index contributed by atoms with van der Waals surface area (Å²) in [5.41, 5.74) is 2.12. The van der Waals surface area contributed by atoms with Crippen molar-refractivity contribution in [2.75, 3.05) is 0 Å². The van der Waals surface area contributed by atoms with E-state index in [1.54, 1.807) is 0 Å². The average Bonchev–Trinajstić information content (AvgIpc) is 3.70. The number of hydrogen-bond donors (Lipinski definition) is 0. The number of hydrogen-bond acceptors (Lipinski definition) is 2. The molecule has 42 heavy (non-hydrogen) atoms. The number of fused-ring (bicyclic) bond motifs is 2. The van der Waals surface area contributed by atoms with Crippen molar-refractivity contribution in [2.45, 2.75) is 137 Å². The van der Waals surface area contributed by atoms with Gasteiger partial charge in [-0.3, -0.25) is 0 Å². The molecule has 4 heteroatoms. The molecule has 1 aromatic rings. The molecule has 0 heterocycles. The summed E-state index contributed by atoms with van der Waals surface area (Å²) in [7, 11) is -2.10. The first-order valence-electron chi connectivity index (χ1n) is 17.5. The Kier molecular flexibility index (Phi) is 8.68. The van der Waals surface area contributed by atoms with Gasteiger partial charge in [0, 0.05) is 5.92 Å². The molecule has 0 amide bonds. The van der Waals surface area contributed by atoms with Crippen LogP contribution in [0.15, 0.2) is 43.0 Å². The van der Waals surface area contributed by atoms with Crippen LogP contribution in [0.4, 0.5) is 0 Å². The molecule has 0 N–H and O–H groups in total. The lowest BCUT2D eigenvalue weighted by Crippen LogP contribution is -2.49. The predicted octanol–water partition coefficient (Wildman–Crippen LogP) is 11.1. The maximum Gasteiger partial charge on any atom is 0.301 e. The summed E-state index contributed by atoms with van der Waals surface area (Å²) in [6.07, 6.45) is 7.45. The fraction of sp³-hybridized carbons (Fsp3) is 0.789. The fourth-order valence-electron chi connectivity index (χ4n) is 9.92. The summed E-state index contributed by atoms with van der Waals surface area (Å²) in [6.45, 7) is 34.1. The van der Waals surface area contributed by atoms with Gasteiger partial charge in [0.2, 0.25) is 0 Å². The van der Waals surface area contributed by atoms with Crippen molar-refractivity contribution in [3.63, 3.8) is 0 Å². The second kappa shape index (κ2) is 11.2. The minimum absolute atomic E-state index is 0.0621. The Hall–Kier alpha value is -0.838. The van der Waals surface area contributed by atoms with E-state index in [0.717, 1.165) is 23.7 Å². The number of benzene rings is 1. The molecule has 0 spiro atoms. The molecule has 0 radical (unpaired) electrons. The second-order valence-electron chi connectivity index (χ2n) is 18.0. The van der Waals surface area contributed by atoms with E-state index in [1.807, 2.05) is 0 Å². The van der Waals surface area contributed by atoms with Crippen LogP contribution in [0.2, 0.25) is 29.8 Å². The molecule has 0 unspecified atom stereocenters. The van der Waals surface area contributed by atoms with Gasteiger partial charge in [-0.1, -0.05) is 118 Å². The Morgan fingerprint density at radius 3 is 1.79 bits per heavy atom. The Balaban J connectivity index is 1.60. The van der Waals surface area contributed by atoms with Gasteiger partial charge >= 0.3 is 6.92 Å². The molecule has 5 rings (SSSR count). The topological polar surface area (TPSA) is 18.5 Å². The van der Waals surface area contributed by atoms with Crippen LogP contribution in [0, 0.1) is 52.3 Å².